The van der Waals surface area contributed by atoms with Crippen molar-refractivity contribution in [2.45, 2.75) is 19.4 Å². The van der Waals surface area contributed by atoms with Crippen LogP contribution in [-0.2, 0) is 19.4 Å². The van der Waals surface area contributed by atoms with Crippen molar-refractivity contribution in [2.75, 3.05) is 32.6 Å². The number of aromatic nitrogens is 3. The van der Waals surface area contributed by atoms with Crippen LogP contribution >= 0.6 is 0 Å². The Balaban J connectivity index is 1.04. The van der Waals surface area contributed by atoms with E-state index in [9.17, 15) is 0 Å². The topological polar surface area (TPSA) is 85.5 Å². The fourth-order valence-electron chi connectivity index (χ4n) is 5.69. The number of para-hydroxylation sites is 1. The zero-order chi connectivity index (χ0) is 28.5. The van der Waals surface area contributed by atoms with E-state index < -0.39 is 0 Å². The molecule has 0 saturated heterocycles. The van der Waals surface area contributed by atoms with E-state index in [-0.39, 0.29) is 0 Å². The Hall–Kier alpha value is -4.95. The van der Waals surface area contributed by atoms with Gasteiger partial charge in [-0.3, -0.25) is 9.88 Å². The Morgan fingerprint density at radius 3 is 2.60 bits per heavy atom. The summed E-state index contributed by atoms with van der Waals surface area (Å²) in [5.74, 6) is 3.79. The molecule has 0 fully saturated rings. The van der Waals surface area contributed by atoms with Crippen LogP contribution in [0.3, 0.4) is 0 Å². The minimum Gasteiger partial charge on any atom is -0.493 e. The highest BCUT2D eigenvalue weighted by Gasteiger charge is 2.25. The quantitative estimate of drug-likeness (QED) is 0.219. The van der Waals surface area contributed by atoms with Gasteiger partial charge in [0.2, 0.25) is 5.75 Å². The number of anilines is 2. The van der Waals surface area contributed by atoms with Gasteiger partial charge in [0.25, 0.3) is 0 Å². The summed E-state index contributed by atoms with van der Waals surface area (Å²) >= 11 is 0. The molecule has 210 valence electrons. The highest BCUT2D eigenvalue weighted by atomic mass is 16.5. The van der Waals surface area contributed by atoms with Crippen molar-refractivity contribution in [1.29, 1.82) is 0 Å². The molecule has 1 aliphatic heterocycles. The Bertz CT molecular complexity index is 1870. The fourth-order valence-corrected chi connectivity index (χ4v) is 5.69. The van der Waals surface area contributed by atoms with E-state index in [2.05, 4.69) is 45.5 Å². The summed E-state index contributed by atoms with van der Waals surface area (Å²) in [4.78, 5) is 16.3. The number of hydrogen-bond donors (Lipinski definition) is 1. The van der Waals surface area contributed by atoms with E-state index in [1.54, 1.807) is 26.6 Å². The first-order valence-corrected chi connectivity index (χ1v) is 14.1. The van der Waals surface area contributed by atoms with Gasteiger partial charge in [-0.2, -0.15) is 0 Å². The number of fused-ring (bicyclic) bond motifs is 4. The molecule has 0 radical (unpaired) electrons. The lowest BCUT2D eigenvalue weighted by Gasteiger charge is -2.25. The summed E-state index contributed by atoms with van der Waals surface area (Å²) in [6.07, 6.45) is 5.44. The van der Waals surface area contributed by atoms with Crippen LogP contribution in [0.5, 0.6) is 11.5 Å². The van der Waals surface area contributed by atoms with Crippen molar-refractivity contribution >= 4 is 33.4 Å². The van der Waals surface area contributed by atoms with Crippen molar-refractivity contribution < 1.29 is 13.9 Å². The average molecular weight is 558 g/mol. The SMILES string of the molecule is COc1ccc2c3c(oc2c1OC)CN(CCc1ccc(Nc2nc(-c4cccnc4)nc4ccccc24)cc1)CC3. The molecular formula is C34H31N5O3. The van der Waals surface area contributed by atoms with Gasteiger partial charge in [-0.25, -0.2) is 9.97 Å². The fraction of sp³-hybridized carbons (Fsp3) is 0.206. The zero-order valence-electron chi connectivity index (χ0n) is 23.6. The average Bonchev–Trinajstić information content (AvgIpc) is 3.42. The van der Waals surface area contributed by atoms with Crippen molar-refractivity contribution in [3.8, 4) is 22.9 Å². The summed E-state index contributed by atoms with van der Waals surface area (Å²) in [6, 6.07) is 24.5. The van der Waals surface area contributed by atoms with Gasteiger partial charge >= 0.3 is 0 Å². The van der Waals surface area contributed by atoms with E-state index in [1.165, 1.54) is 11.1 Å². The molecular weight excluding hydrogens is 526 g/mol. The molecule has 8 nitrogen and oxygen atoms in total. The van der Waals surface area contributed by atoms with Crippen LogP contribution in [0, 0.1) is 0 Å². The highest BCUT2D eigenvalue weighted by molar-refractivity contribution is 5.92. The molecule has 1 N–H and O–H groups in total. The molecule has 0 bridgehead atoms. The summed E-state index contributed by atoms with van der Waals surface area (Å²) in [5, 5.41) is 5.61. The van der Waals surface area contributed by atoms with Gasteiger partial charge in [0.1, 0.15) is 11.6 Å². The molecule has 3 aromatic heterocycles. The van der Waals surface area contributed by atoms with Crippen LogP contribution in [0.25, 0.3) is 33.3 Å². The van der Waals surface area contributed by atoms with Crippen LogP contribution in [0.15, 0.2) is 89.6 Å². The van der Waals surface area contributed by atoms with Crippen molar-refractivity contribution in [2.24, 2.45) is 0 Å². The maximum atomic E-state index is 6.31. The van der Waals surface area contributed by atoms with Gasteiger partial charge in [-0.1, -0.05) is 24.3 Å². The minimum atomic E-state index is 0.646. The maximum Gasteiger partial charge on any atom is 0.204 e. The Kier molecular flexibility index (Phi) is 6.89. The molecule has 0 unspecified atom stereocenters. The number of pyridine rings is 1. The number of nitrogens with one attached hydrogen (secondary N) is 1. The molecule has 3 aromatic carbocycles. The highest BCUT2D eigenvalue weighted by Crippen LogP contribution is 2.41. The smallest absolute Gasteiger partial charge is 0.204 e. The number of furan rings is 1. The first-order chi connectivity index (χ1) is 20.7. The van der Waals surface area contributed by atoms with E-state index in [4.69, 9.17) is 23.9 Å². The van der Waals surface area contributed by atoms with Gasteiger partial charge < -0.3 is 19.2 Å². The summed E-state index contributed by atoms with van der Waals surface area (Å²) in [7, 11) is 3.30. The van der Waals surface area contributed by atoms with E-state index in [1.807, 2.05) is 42.5 Å². The van der Waals surface area contributed by atoms with Crippen LogP contribution in [-0.4, -0.2) is 47.2 Å². The van der Waals surface area contributed by atoms with Gasteiger partial charge in [-0.05, 0) is 66.9 Å². The van der Waals surface area contributed by atoms with E-state index in [0.29, 0.717) is 17.3 Å². The second-order valence-electron chi connectivity index (χ2n) is 10.4. The van der Waals surface area contributed by atoms with Crippen molar-refractivity contribution in [1.82, 2.24) is 19.9 Å². The number of methoxy groups -OCH3 is 2. The van der Waals surface area contributed by atoms with Gasteiger partial charge in [0.05, 0.1) is 26.3 Å². The standard InChI is InChI=1S/C34H31N5O3/c1-40-29-14-13-26-25-16-19-39(21-30(25)42-31(26)32(29)41-2)18-15-22-9-11-24(12-10-22)36-34-27-7-3-4-8-28(27)37-33(38-34)23-6-5-17-35-20-23/h3-14,17,20H,15-16,18-19,21H2,1-2H3,(H,36,37,38). The lowest BCUT2D eigenvalue weighted by molar-refractivity contribution is 0.234. The number of rotatable bonds is 8. The summed E-state index contributed by atoms with van der Waals surface area (Å²) in [5.41, 5.74) is 6.09. The first-order valence-electron chi connectivity index (χ1n) is 14.1. The first kappa shape index (κ1) is 26.0. The third-order valence-electron chi connectivity index (χ3n) is 7.89. The van der Waals surface area contributed by atoms with Crippen LogP contribution in [0.4, 0.5) is 11.5 Å². The maximum absolute atomic E-state index is 6.31. The van der Waals surface area contributed by atoms with Gasteiger partial charge in [0, 0.05) is 53.1 Å². The second kappa shape index (κ2) is 11.1. The largest absolute Gasteiger partial charge is 0.493 e. The molecule has 1 aliphatic rings. The third-order valence-corrected chi connectivity index (χ3v) is 7.89. The molecule has 7 rings (SSSR count). The van der Waals surface area contributed by atoms with E-state index >= 15 is 0 Å². The third kappa shape index (κ3) is 4.90. The normalized spacial score (nSPS) is 13.3. The Morgan fingerprint density at radius 1 is 0.905 bits per heavy atom. The Morgan fingerprint density at radius 2 is 1.79 bits per heavy atom. The molecule has 0 saturated carbocycles. The van der Waals surface area contributed by atoms with Crippen molar-refractivity contribution in [3.05, 3.63) is 102 Å². The zero-order valence-corrected chi connectivity index (χ0v) is 23.6. The lowest BCUT2D eigenvalue weighted by Crippen LogP contribution is -2.31. The monoisotopic (exact) mass is 557 g/mol. The number of benzene rings is 3. The lowest BCUT2D eigenvalue weighted by atomic mass is 10.0. The van der Waals surface area contributed by atoms with Gasteiger partial charge in [-0.15, -0.1) is 0 Å². The van der Waals surface area contributed by atoms with Crippen LogP contribution < -0.4 is 14.8 Å². The number of nitrogens with zero attached hydrogens (tertiary/aromatic N) is 4. The minimum absolute atomic E-state index is 0.646. The molecule has 0 amide bonds. The predicted octanol–water partition coefficient (Wildman–Crippen LogP) is 6.80. The molecule has 8 heteroatoms. The molecule has 0 spiro atoms. The molecule has 6 aromatic rings. The number of hydrogen-bond acceptors (Lipinski definition) is 8. The van der Waals surface area contributed by atoms with Crippen LogP contribution in [0.1, 0.15) is 16.9 Å². The molecule has 0 aliphatic carbocycles. The summed E-state index contributed by atoms with van der Waals surface area (Å²) < 4.78 is 17.4. The molecule has 42 heavy (non-hydrogen) atoms. The number of ether oxygens (including phenoxy) is 2. The second-order valence-corrected chi connectivity index (χ2v) is 10.4. The molecule has 4 heterocycles. The Labute approximate surface area is 244 Å². The molecule has 0 atom stereocenters. The van der Waals surface area contributed by atoms with Crippen molar-refractivity contribution in [3.63, 3.8) is 0 Å². The summed E-state index contributed by atoms with van der Waals surface area (Å²) in [6.45, 7) is 2.74. The predicted molar refractivity (Wildman–Crippen MR) is 164 cm³/mol. The van der Waals surface area contributed by atoms with Gasteiger partial charge in [0.15, 0.2) is 17.2 Å². The van der Waals surface area contributed by atoms with Crippen LogP contribution in [0.2, 0.25) is 0 Å². The van der Waals surface area contributed by atoms with E-state index in [0.717, 1.165) is 77.2 Å².